The second-order valence-corrected chi connectivity index (χ2v) is 6.08. The standard InChI is InChI=1S/C19H17FN2O2/c20-15-4-5-16-13(11-15)10-14(12-21-16)17-6-7-18(24-17)19(23)22-8-2-1-3-9-22/h4-7,10-12H,1-3,8-9H2. The highest BCUT2D eigenvalue weighted by atomic mass is 19.1. The fourth-order valence-electron chi connectivity index (χ4n) is 3.10. The molecule has 24 heavy (non-hydrogen) atoms. The highest BCUT2D eigenvalue weighted by Gasteiger charge is 2.21. The number of fused-ring (bicyclic) bond motifs is 1. The molecule has 1 aliphatic heterocycles. The molecule has 0 bridgehead atoms. The van der Waals surface area contributed by atoms with Crippen LogP contribution in [0.4, 0.5) is 4.39 Å². The van der Waals surface area contributed by atoms with Crippen molar-refractivity contribution in [3.63, 3.8) is 0 Å². The van der Waals surface area contributed by atoms with Gasteiger partial charge in [-0.15, -0.1) is 0 Å². The summed E-state index contributed by atoms with van der Waals surface area (Å²) in [6.07, 6.45) is 4.93. The molecular weight excluding hydrogens is 307 g/mol. The number of nitrogens with zero attached hydrogens (tertiary/aromatic N) is 2. The average molecular weight is 324 g/mol. The Morgan fingerprint density at radius 1 is 1.08 bits per heavy atom. The first-order valence-corrected chi connectivity index (χ1v) is 8.15. The second kappa shape index (κ2) is 6.07. The number of pyridine rings is 1. The van der Waals surface area contributed by atoms with Crippen LogP contribution in [-0.2, 0) is 0 Å². The van der Waals surface area contributed by atoms with Gasteiger partial charge in [-0.25, -0.2) is 4.39 Å². The minimum Gasteiger partial charge on any atom is -0.451 e. The molecule has 0 N–H and O–H groups in total. The SMILES string of the molecule is O=C(c1ccc(-c2cnc3ccc(F)cc3c2)o1)N1CCCCC1. The zero-order valence-electron chi connectivity index (χ0n) is 13.2. The zero-order chi connectivity index (χ0) is 16.5. The van der Waals surface area contributed by atoms with Crippen molar-refractivity contribution in [3.8, 4) is 11.3 Å². The van der Waals surface area contributed by atoms with Crippen LogP contribution < -0.4 is 0 Å². The summed E-state index contributed by atoms with van der Waals surface area (Å²) < 4.78 is 19.1. The van der Waals surface area contributed by atoms with Crippen LogP contribution in [0, 0.1) is 5.82 Å². The van der Waals surface area contributed by atoms with Gasteiger partial charge in [0, 0.05) is 30.2 Å². The fourth-order valence-corrected chi connectivity index (χ4v) is 3.10. The number of likely N-dealkylation sites (tertiary alicyclic amines) is 1. The Hall–Kier alpha value is -2.69. The molecule has 122 valence electrons. The van der Waals surface area contributed by atoms with Crippen LogP contribution >= 0.6 is 0 Å². The second-order valence-electron chi connectivity index (χ2n) is 6.08. The summed E-state index contributed by atoms with van der Waals surface area (Å²) in [5.41, 5.74) is 1.45. The van der Waals surface area contributed by atoms with Gasteiger partial charge in [-0.1, -0.05) is 0 Å². The van der Waals surface area contributed by atoms with Crippen molar-refractivity contribution in [2.24, 2.45) is 0 Å². The van der Waals surface area contributed by atoms with Gasteiger partial charge in [-0.05, 0) is 55.7 Å². The molecule has 1 aromatic carbocycles. The minimum absolute atomic E-state index is 0.0688. The van der Waals surface area contributed by atoms with E-state index < -0.39 is 0 Å². The van der Waals surface area contributed by atoms with Gasteiger partial charge >= 0.3 is 0 Å². The highest BCUT2D eigenvalue weighted by molar-refractivity contribution is 5.92. The van der Waals surface area contributed by atoms with E-state index in [1.165, 1.54) is 18.6 Å². The number of hydrogen-bond donors (Lipinski definition) is 0. The van der Waals surface area contributed by atoms with E-state index in [2.05, 4.69) is 4.98 Å². The number of aromatic nitrogens is 1. The smallest absolute Gasteiger partial charge is 0.289 e. The highest BCUT2D eigenvalue weighted by Crippen LogP contribution is 2.26. The quantitative estimate of drug-likeness (QED) is 0.707. The number of furan rings is 1. The van der Waals surface area contributed by atoms with Crippen LogP contribution in [-0.4, -0.2) is 28.9 Å². The number of carbonyl (C=O) groups excluding carboxylic acids is 1. The van der Waals surface area contributed by atoms with E-state index in [9.17, 15) is 9.18 Å². The molecule has 5 heteroatoms. The normalized spacial score (nSPS) is 15.0. The van der Waals surface area contributed by atoms with E-state index in [4.69, 9.17) is 4.42 Å². The summed E-state index contributed by atoms with van der Waals surface area (Å²) >= 11 is 0. The molecule has 1 aliphatic rings. The van der Waals surface area contributed by atoms with Crippen LogP contribution in [0.5, 0.6) is 0 Å². The Kier molecular flexibility index (Phi) is 3.76. The lowest BCUT2D eigenvalue weighted by Gasteiger charge is -2.25. The first kappa shape index (κ1) is 14.9. The van der Waals surface area contributed by atoms with Crippen molar-refractivity contribution in [2.45, 2.75) is 19.3 Å². The maximum Gasteiger partial charge on any atom is 0.289 e. The Labute approximate surface area is 138 Å². The Morgan fingerprint density at radius 3 is 2.75 bits per heavy atom. The summed E-state index contributed by atoms with van der Waals surface area (Å²) in [5.74, 6) is 0.530. The lowest BCUT2D eigenvalue weighted by Crippen LogP contribution is -2.35. The Morgan fingerprint density at radius 2 is 1.92 bits per heavy atom. The molecule has 0 aliphatic carbocycles. The van der Waals surface area contributed by atoms with E-state index in [0.717, 1.165) is 37.0 Å². The maximum atomic E-state index is 13.4. The summed E-state index contributed by atoms with van der Waals surface area (Å²) in [7, 11) is 0. The number of amides is 1. The van der Waals surface area contributed by atoms with Crippen molar-refractivity contribution in [2.75, 3.05) is 13.1 Å². The molecule has 1 fully saturated rings. The molecule has 3 heterocycles. The monoisotopic (exact) mass is 324 g/mol. The number of carbonyl (C=O) groups is 1. The van der Waals surface area contributed by atoms with E-state index in [-0.39, 0.29) is 11.7 Å². The number of piperidine rings is 1. The third-order valence-electron chi connectivity index (χ3n) is 4.39. The average Bonchev–Trinajstić information content (AvgIpc) is 3.11. The van der Waals surface area contributed by atoms with Crippen LogP contribution in [0.25, 0.3) is 22.2 Å². The summed E-state index contributed by atoms with van der Waals surface area (Å²) in [6, 6.07) is 9.74. The number of halogens is 1. The van der Waals surface area contributed by atoms with Gasteiger partial charge in [0.1, 0.15) is 11.6 Å². The van der Waals surface area contributed by atoms with Crippen LogP contribution in [0.3, 0.4) is 0 Å². The van der Waals surface area contributed by atoms with Crippen molar-refractivity contribution < 1.29 is 13.6 Å². The van der Waals surface area contributed by atoms with Gasteiger partial charge < -0.3 is 9.32 Å². The maximum absolute atomic E-state index is 13.4. The molecule has 0 spiro atoms. The Bertz CT molecular complexity index is 897. The molecule has 1 amide bonds. The zero-order valence-corrected chi connectivity index (χ0v) is 13.2. The molecule has 0 saturated carbocycles. The van der Waals surface area contributed by atoms with Gasteiger partial charge in [0.15, 0.2) is 5.76 Å². The third-order valence-corrected chi connectivity index (χ3v) is 4.39. The minimum atomic E-state index is -0.304. The molecule has 4 rings (SSSR count). The molecule has 2 aromatic heterocycles. The van der Waals surface area contributed by atoms with Crippen molar-refractivity contribution >= 4 is 16.8 Å². The van der Waals surface area contributed by atoms with E-state index in [1.54, 1.807) is 24.4 Å². The predicted molar refractivity (Wildman–Crippen MR) is 89.2 cm³/mol. The van der Waals surface area contributed by atoms with Gasteiger partial charge in [-0.3, -0.25) is 9.78 Å². The Balaban J connectivity index is 1.63. The molecule has 0 atom stereocenters. The summed E-state index contributed by atoms with van der Waals surface area (Å²) in [6.45, 7) is 1.57. The first-order chi connectivity index (χ1) is 11.7. The van der Waals surface area contributed by atoms with Gasteiger partial charge in [0.05, 0.1) is 5.52 Å². The lowest BCUT2D eigenvalue weighted by atomic mass is 10.1. The van der Waals surface area contributed by atoms with Crippen molar-refractivity contribution in [1.82, 2.24) is 9.88 Å². The molecule has 0 radical (unpaired) electrons. The summed E-state index contributed by atoms with van der Waals surface area (Å²) in [4.78, 5) is 18.6. The van der Waals surface area contributed by atoms with Crippen LogP contribution in [0.2, 0.25) is 0 Å². The molecule has 4 nitrogen and oxygen atoms in total. The molecular formula is C19H17FN2O2. The van der Waals surface area contributed by atoms with Crippen molar-refractivity contribution in [1.29, 1.82) is 0 Å². The number of rotatable bonds is 2. The molecule has 0 unspecified atom stereocenters. The largest absolute Gasteiger partial charge is 0.451 e. The number of benzene rings is 1. The van der Waals surface area contributed by atoms with Crippen LogP contribution in [0.1, 0.15) is 29.8 Å². The summed E-state index contributed by atoms with van der Waals surface area (Å²) in [5, 5.41) is 0.702. The van der Waals surface area contributed by atoms with Gasteiger partial charge in [0.25, 0.3) is 5.91 Å². The van der Waals surface area contributed by atoms with E-state index >= 15 is 0 Å². The van der Waals surface area contributed by atoms with E-state index in [1.807, 2.05) is 11.0 Å². The van der Waals surface area contributed by atoms with Crippen molar-refractivity contribution in [3.05, 3.63) is 54.2 Å². The first-order valence-electron chi connectivity index (χ1n) is 8.15. The number of hydrogen-bond acceptors (Lipinski definition) is 3. The third kappa shape index (κ3) is 2.77. The lowest BCUT2D eigenvalue weighted by molar-refractivity contribution is 0.0693. The fraction of sp³-hybridized carbons (Fsp3) is 0.263. The topological polar surface area (TPSA) is 46.3 Å². The van der Waals surface area contributed by atoms with Gasteiger partial charge in [-0.2, -0.15) is 0 Å². The van der Waals surface area contributed by atoms with Crippen LogP contribution in [0.15, 0.2) is 47.0 Å². The van der Waals surface area contributed by atoms with E-state index in [0.29, 0.717) is 16.9 Å². The molecule has 3 aromatic rings. The predicted octanol–water partition coefficient (Wildman–Crippen LogP) is 4.26. The molecule has 1 saturated heterocycles. The van der Waals surface area contributed by atoms with Gasteiger partial charge in [0.2, 0.25) is 0 Å².